The van der Waals surface area contributed by atoms with E-state index in [1.807, 2.05) is 79.7 Å². The summed E-state index contributed by atoms with van der Waals surface area (Å²) in [4.78, 5) is 28.2. The standard InChI is InChI=1S/C34H32N2O3/c1-3-29(21-25-11-5-4-6-12-25)35-33(37)28-18-16-26(17-19-28)22-32-34(38)36(23-27-13-9-10-24(2)20-27)30-14-7-8-15-31(30)39-32/h4-20,22,29H,3,21,23H2,1-2H3,(H,35,37)/b32-22+/t29-/m1/s1. The second-order valence-corrected chi connectivity index (χ2v) is 9.85. The number of nitrogens with zero attached hydrogens (tertiary/aromatic N) is 1. The first kappa shape index (κ1) is 26.0. The molecular formula is C34H32N2O3. The smallest absolute Gasteiger partial charge is 0.294 e. The molecule has 1 aliphatic heterocycles. The maximum atomic E-state index is 13.5. The normalized spacial score (nSPS) is 14.5. The van der Waals surface area contributed by atoms with E-state index in [0.717, 1.165) is 35.2 Å². The van der Waals surface area contributed by atoms with Gasteiger partial charge in [0, 0.05) is 11.6 Å². The number of carbonyl (C=O) groups excluding carboxylic acids is 2. The Labute approximate surface area is 229 Å². The number of nitrogens with one attached hydrogen (secondary N) is 1. The number of hydrogen-bond acceptors (Lipinski definition) is 3. The van der Waals surface area contributed by atoms with Gasteiger partial charge in [-0.2, -0.15) is 0 Å². The van der Waals surface area contributed by atoms with E-state index in [4.69, 9.17) is 4.74 Å². The highest BCUT2D eigenvalue weighted by atomic mass is 16.5. The molecule has 1 atom stereocenters. The van der Waals surface area contributed by atoms with Crippen molar-refractivity contribution in [2.75, 3.05) is 4.90 Å². The zero-order valence-corrected chi connectivity index (χ0v) is 22.3. The Hall–Kier alpha value is -4.64. The van der Waals surface area contributed by atoms with Crippen LogP contribution in [0.2, 0.25) is 0 Å². The number of rotatable bonds is 8. The lowest BCUT2D eigenvalue weighted by atomic mass is 10.0. The molecule has 0 spiro atoms. The Balaban J connectivity index is 1.32. The monoisotopic (exact) mass is 516 g/mol. The quantitative estimate of drug-likeness (QED) is 0.265. The summed E-state index contributed by atoms with van der Waals surface area (Å²) >= 11 is 0. The Morgan fingerprint density at radius 1 is 0.897 bits per heavy atom. The van der Waals surface area contributed by atoms with Gasteiger partial charge in [-0.1, -0.05) is 91.3 Å². The average Bonchev–Trinajstić information content (AvgIpc) is 2.96. The summed E-state index contributed by atoms with van der Waals surface area (Å²) in [6.07, 6.45) is 3.35. The third kappa shape index (κ3) is 6.27. The van der Waals surface area contributed by atoms with E-state index in [-0.39, 0.29) is 23.6 Å². The van der Waals surface area contributed by atoms with E-state index in [1.165, 1.54) is 5.56 Å². The van der Waals surface area contributed by atoms with E-state index in [9.17, 15) is 9.59 Å². The van der Waals surface area contributed by atoms with Gasteiger partial charge < -0.3 is 10.1 Å². The van der Waals surface area contributed by atoms with Crippen molar-refractivity contribution in [3.8, 4) is 5.75 Å². The molecule has 0 unspecified atom stereocenters. The Bertz CT molecular complexity index is 1490. The maximum Gasteiger partial charge on any atom is 0.294 e. The van der Waals surface area contributed by atoms with E-state index in [1.54, 1.807) is 23.1 Å². The zero-order valence-electron chi connectivity index (χ0n) is 22.3. The van der Waals surface area contributed by atoms with E-state index < -0.39 is 0 Å². The molecule has 1 N–H and O–H groups in total. The summed E-state index contributed by atoms with van der Waals surface area (Å²) in [6.45, 7) is 4.56. The number of hydrogen-bond donors (Lipinski definition) is 1. The lowest BCUT2D eigenvalue weighted by molar-refractivity contribution is -0.117. The van der Waals surface area contributed by atoms with Gasteiger partial charge in [0.2, 0.25) is 0 Å². The first-order chi connectivity index (χ1) is 19.0. The fourth-order valence-electron chi connectivity index (χ4n) is 4.76. The number of amides is 2. The molecule has 39 heavy (non-hydrogen) atoms. The van der Waals surface area contributed by atoms with Crippen molar-refractivity contribution in [2.24, 2.45) is 0 Å². The van der Waals surface area contributed by atoms with Crippen LogP contribution >= 0.6 is 0 Å². The molecule has 196 valence electrons. The SMILES string of the molecule is CC[C@H](Cc1ccccc1)NC(=O)c1ccc(/C=C2/Oc3ccccc3N(Cc3cccc(C)c3)C2=O)cc1. The molecule has 0 saturated heterocycles. The van der Waals surface area contributed by atoms with Crippen molar-refractivity contribution in [1.29, 1.82) is 0 Å². The second-order valence-electron chi connectivity index (χ2n) is 9.85. The number of carbonyl (C=O) groups is 2. The molecule has 0 fully saturated rings. The first-order valence-corrected chi connectivity index (χ1v) is 13.3. The highest BCUT2D eigenvalue weighted by Gasteiger charge is 2.30. The lowest BCUT2D eigenvalue weighted by Gasteiger charge is -2.30. The summed E-state index contributed by atoms with van der Waals surface area (Å²) in [6, 6.07) is 33.2. The maximum absolute atomic E-state index is 13.5. The van der Waals surface area contributed by atoms with Gasteiger partial charge in [-0.05, 0) is 66.8 Å². The Kier molecular flexibility index (Phi) is 7.88. The molecule has 4 aromatic carbocycles. The third-order valence-corrected chi connectivity index (χ3v) is 6.88. The molecular weight excluding hydrogens is 484 g/mol. The van der Waals surface area contributed by atoms with Crippen LogP contribution in [0.5, 0.6) is 5.75 Å². The molecule has 1 heterocycles. The van der Waals surface area contributed by atoms with Gasteiger partial charge in [-0.25, -0.2) is 0 Å². The first-order valence-electron chi connectivity index (χ1n) is 13.3. The van der Waals surface area contributed by atoms with Crippen LogP contribution < -0.4 is 15.0 Å². The third-order valence-electron chi connectivity index (χ3n) is 6.88. The van der Waals surface area contributed by atoms with Gasteiger partial charge in [-0.3, -0.25) is 14.5 Å². The highest BCUT2D eigenvalue weighted by molar-refractivity contribution is 6.09. The summed E-state index contributed by atoms with van der Waals surface area (Å²) in [5, 5.41) is 3.14. The molecule has 0 aromatic heterocycles. The minimum Gasteiger partial charge on any atom is -0.449 e. The fraction of sp³-hybridized carbons (Fsp3) is 0.176. The van der Waals surface area contributed by atoms with E-state index >= 15 is 0 Å². The number of ether oxygens (including phenoxy) is 1. The predicted molar refractivity (Wildman–Crippen MR) is 156 cm³/mol. The van der Waals surface area contributed by atoms with Crippen LogP contribution in [0.3, 0.4) is 0 Å². The molecule has 0 aliphatic carbocycles. The zero-order chi connectivity index (χ0) is 27.2. The summed E-state index contributed by atoms with van der Waals surface area (Å²) in [5.74, 6) is 0.562. The minimum atomic E-state index is -0.205. The molecule has 0 radical (unpaired) electrons. The minimum absolute atomic E-state index is 0.0504. The number of fused-ring (bicyclic) bond motifs is 1. The van der Waals surface area contributed by atoms with Crippen molar-refractivity contribution in [3.63, 3.8) is 0 Å². The number of aryl methyl sites for hydroxylation is 1. The predicted octanol–water partition coefficient (Wildman–Crippen LogP) is 6.71. The molecule has 0 bridgehead atoms. The average molecular weight is 517 g/mol. The van der Waals surface area contributed by atoms with Crippen LogP contribution in [0, 0.1) is 6.92 Å². The fourth-order valence-corrected chi connectivity index (χ4v) is 4.76. The van der Waals surface area contributed by atoms with Crippen molar-refractivity contribution in [1.82, 2.24) is 5.32 Å². The van der Waals surface area contributed by atoms with Gasteiger partial charge in [-0.15, -0.1) is 0 Å². The number of benzene rings is 4. The molecule has 0 saturated carbocycles. The summed E-state index contributed by atoms with van der Waals surface area (Å²) in [7, 11) is 0. The molecule has 5 heteroatoms. The van der Waals surface area contributed by atoms with Crippen molar-refractivity contribution < 1.29 is 14.3 Å². The lowest BCUT2D eigenvalue weighted by Crippen LogP contribution is -2.36. The van der Waals surface area contributed by atoms with Crippen molar-refractivity contribution in [2.45, 2.75) is 39.3 Å². The number of anilines is 1. The summed E-state index contributed by atoms with van der Waals surface area (Å²) < 4.78 is 6.03. The van der Waals surface area contributed by atoms with Gasteiger partial charge >= 0.3 is 0 Å². The van der Waals surface area contributed by atoms with Crippen molar-refractivity contribution in [3.05, 3.63) is 137 Å². The molecule has 4 aromatic rings. The van der Waals surface area contributed by atoms with E-state index in [0.29, 0.717) is 17.9 Å². The van der Waals surface area contributed by atoms with E-state index in [2.05, 4.69) is 30.4 Å². The molecule has 2 amide bonds. The van der Waals surface area contributed by atoms with Crippen LogP contribution in [0.1, 0.15) is 46.0 Å². The van der Waals surface area contributed by atoms with Crippen molar-refractivity contribution >= 4 is 23.6 Å². The van der Waals surface area contributed by atoms with Crippen LogP contribution in [0.25, 0.3) is 6.08 Å². The Morgan fingerprint density at radius 2 is 1.62 bits per heavy atom. The van der Waals surface area contributed by atoms with Gasteiger partial charge in [0.1, 0.15) is 0 Å². The molecule has 5 rings (SSSR count). The van der Waals surface area contributed by atoms with Gasteiger partial charge in [0.25, 0.3) is 11.8 Å². The van der Waals surface area contributed by atoms with Gasteiger partial charge in [0.05, 0.1) is 12.2 Å². The molecule has 5 nitrogen and oxygen atoms in total. The van der Waals surface area contributed by atoms with Crippen LogP contribution in [0.4, 0.5) is 5.69 Å². The largest absolute Gasteiger partial charge is 0.449 e. The number of para-hydroxylation sites is 2. The van der Waals surface area contributed by atoms with Crippen LogP contribution in [-0.2, 0) is 17.8 Å². The summed E-state index contributed by atoms with van der Waals surface area (Å²) in [5.41, 5.74) is 5.49. The van der Waals surface area contributed by atoms with Crippen LogP contribution in [-0.4, -0.2) is 17.9 Å². The molecule has 1 aliphatic rings. The highest BCUT2D eigenvalue weighted by Crippen LogP contribution is 2.36. The second kappa shape index (κ2) is 11.8. The van der Waals surface area contributed by atoms with Crippen LogP contribution in [0.15, 0.2) is 109 Å². The topological polar surface area (TPSA) is 58.6 Å². The Morgan fingerprint density at radius 3 is 2.36 bits per heavy atom. The van der Waals surface area contributed by atoms with Gasteiger partial charge in [0.15, 0.2) is 11.5 Å².